The number of H-pyrrole nitrogens is 1. The first-order chi connectivity index (χ1) is 9.15. The molecule has 0 unspecified atom stereocenters. The molecule has 0 aliphatic rings. The topological polar surface area (TPSA) is 84.9 Å². The lowest BCUT2D eigenvalue weighted by Gasteiger charge is -2.06. The normalized spacial score (nSPS) is 11.0. The Kier molecular flexibility index (Phi) is 2.79. The summed E-state index contributed by atoms with van der Waals surface area (Å²) in [6, 6.07) is 5.35. The van der Waals surface area contributed by atoms with Gasteiger partial charge in [0.05, 0.1) is 28.4 Å². The monoisotopic (exact) mass is 273 g/mol. The second-order valence-electron chi connectivity index (χ2n) is 4.08. The summed E-state index contributed by atoms with van der Waals surface area (Å²) in [6.45, 7) is 1.89. The van der Waals surface area contributed by atoms with Gasteiger partial charge in [-0.05, 0) is 25.1 Å². The molecule has 0 radical (unpaired) electrons. The molecule has 96 valence electrons. The smallest absolute Gasteiger partial charge is 0.258 e. The van der Waals surface area contributed by atoms with Crippen LogP contribution in [0.4, 0.5) is 5.69 Å². The average Bonchev–Trinajstić information content (AvgIpc) is 2.77. The predicted octanol–water partition coefficient (Wildman–Crippen LogP) is 2.56. The minimum atomic E-state index is -0.187. The lowest BCUT2D eigenvalue weighted by Crippen LogP contribution is -2.07. The maximum absolute atomic E-state index is 11.6. The van der Waals surface area contributed by atoms with Crippen molar-refractivity contribution in [2.24, 2.45) is 0 Å². The SMILES string of the molecule is Cc1occc1Sc1cc2nc[nH]c(=O)c2cc1N. The van der Waals surface area contributed by atoms with Gasteiger partial charge in [0.25, 0.3) is 5.56 Å². The van der Waals surface area contributed by atoms with E-state index in [9.17, 15) is 4.79 Å². The fraction of sp³-hybridized carbons (Fsp3) is 0.0769. The average molecular weight is 273 g/mol. The van der Waals surface area contributed by atoms with E-state index in [0.29, 0.717) is 16.6 Å². The molecule has 19 heavy (non-hydrogen) atoms. The lowest BCUT2D eigenvalue weighted by atomic mass is 10.2. The Morgan fingerprint density at radius 3 is 2.95 bits per heavy atom. The number of hydrogen-bond donors (Lipinski definition) is 2. The van der Waals surface area contributed by atoms with Gasteiger partial charge in [-0.3, -0.25) is 4.79 Å². The third kappa shape index (κ3) is 2.10. The Morgan fingerprint density at radius 1 is 1.37 bits per heavy atom. The predicted molar refractivity (Wildman–Crippen MR) is 74.3 cm³/mol. The lowest BCUT2D eigenvalue weighted by molar-refractivity contribution is 0.527. The van der Waals surface area contributed by atoms with Gasteiger partial charge >= 0.3 is 0 Å². The molecule has 0 atom stereocenters. The summed E-state index contributed by atoms with van der Waals surface area (Å²) in [5.74, 6) is 0.836. The Morgan fingerprint density at radius 2 is 2.21 bits per heavy atom. The second-order valence-corrected chi connectivity index (χ2v) is 5.17. The number of nitrogens with zero attached hydrogens (tertiary/aromatic N) is 1. The van der Waals surface area contributed by atoms with Crippen LogP contribution in [0.15, 0.2) is 49.8 Å². The van der Waals surface area contributed by atoms with Crippen LogP contribution in [-0.4, -0.2) is 9.97 Å². The molecule has 0 amide bonds. The molecule has 0 aliphatic carbocycles. The van der Waals surface area contributed by atoms with Gasteiger partial charge in [-0.1, -0.05) is 11.8 Å². The number of anilines is 1. The molecule has 0 fully saturated rings. The number of furan rings is 1. The Balaban J connectivity index is 2.12. The highest BCUT2D eigenvalue weighted by atomic mass is 32.2. The standard InChI is InChI=1S/C13H11N3O2S/c1-7-11(2-3-18-7)19-12-5-10-8(4-9(12)14)13(17)16-6-15-10/h2-6H,14H2,1H3,(H,15,16,17). The molecule has 6 heteroatoms. The largest absolute Gasteiger partial charge is 0.468 e. The van der Waals surface area contributed by atoms with Crippen LogP contribution in [0, 0.1) is 6.92 Å². The number of benzene rings is 1. The van der Waals surface area contributed by atoms with E-state index in [2.05, 4.69) is 9.97 Å². The molecule has 3 rings (SSSR count). The van der Waals surface area contributed by atoms with Gasteiger partial charge in [0, 0.05) is 10.6 Å². The molecule has 5 nitrogen and oxygen atoms in total. The number of nitrogens with two attached hydrogens (primary N) is 1. The van der Waals surface area contributed by atoms with Gasteiger partial charge in [0.1, 0.15) is 5.76 Å². The fourth-order valence-corrected chi connectivity index (χ4v) is 2.70. The van der Waals surface area contributed by atoms with Crippen LogP contribution in [-0.2, 0) is 0 Å². The van der Waals surface area contributed by atoms with E-state index in [1.165, 1.54) is 18.1 Å². The van der Waals surface area contributed by atoms with Crippen molar-refractivity contribution < 1.29 is 4.42 Å². The first kappa shape index (κ1) is 11.9. The molecule has 0 saturated heterocycles. The van der Waals surface area contributed by atoms with E-state index in [1.54, 1.807) is 12.3 Å². The van der Waals surface area contributed by atoms with E-state index in [1.807, 2.05) is 19.1 Å². The number of hydrogen-bond acceptors (Lipinski definition) is 5. The van der Waals surface area contributed by atoms with Crippen molar-refractivity contribution in [1.82, 2.24) is 9.97 Å². The highest BCUT2D eigenvalue weighted by Crippen LogP contribution is 2.35. The maximum atomic E-state index is 11.6. The van der Waals surface area contributed by atoms with Crippen molar-refractivity contribution in [2.75, 3.05) is 5.73 Å². The quantitative estimate of drug-likeness (QED) is 0.701. The number of aromatic nitrogens is 2. The van der Waals surface area contributed by atoms with Crippen LogP contribution in [0.25, 0.3) is 10.9 Å². The Hall–Kier alpha value is -2.21. The zero-order chi connectivity index (χ0) is 13.4. The van der Waals surface area contributed by atoms with Gasteiger partial charge in [0.2, 0.25) is 0 Å². The number of nitrogens with one attached hydrogen (secondary N) is 1. The van der Waals surface area contributed by atoms with Crippen LogP contribution < -0.4 is 11.3 Å². The van der Waals surface area contributed by atoms with E-state index in [0.717, 1.165) is 15.6 Å². The molecule has 0 bridgehead atoms. The zero-order valence-electron chi connectivity index (χ0n) is 10.1. The summed E-state index contributed by atoms with van der Waals surface area (Å²) in [5.41, 5.74) is 6.98. The summed E-state index contributed by atoms with van der Waals surface area (Å²) in [7, 11) is 0. The molecule has 0 spiro atoms. The van der Waals surface area contributed by atoms with Crippen molar-refractivity contribution in [3.63, 3.8) is 0 Å². The highest BCUT2D eigenvalue weighted by molar-refractivity contribution is 7.99. The van der Waals surface area contributed by atoms with E-state index < -0.39 is 0 Å². The van der Waals surface area contributed by atoms with Crippen molar-refractivity contribution in [3.05, 3.63) is 46.9 Å². The summed E-state index contributed by atoms with van der Waals surface area (Å²) >= 11 is 1.50. The minimum Gasteiger partial charge on any atom is -0.468 e. The first-order valence-electron chi connectivity index (χ1n) is 5.64. The van der Waals surface area contributed by atoms with Gasteiger partial charge in [-0.25, -0.2) is 4.98 Å². The molecule has 1 aromatic carbocycles. The minimum absolute atomic E-state index is 0.187. The number of aryl methyl sites for hydroxylation is 1. The van der Waals surface area contributed by atoms with Crippen molar-refractivity contribution >= 4 is 28.4 Å². The maximum Gasteiger partial charge on any atom is 0.258 e. The zero-order valence-corrected chi connectivity index (χ0v) is 11.0. The molecule has 2 heterocycles. The van der Waals surface area contributed by atoms with Crippen molar-refractivity contribution in [1.29, 1.82) is 0 Å². The van der Waals surface area contributed by atoms with Gasteiger partial charge < -0.3 is 15.1 Å². The van der Waals surface area contributed by atoms with Crippen LogP contribution >= 0.6 is 11.8 Å². The van der Waals surface area contributed by atoms with E-state index in [-0.39, 0.29) is 5.56 Å². The molecule has 2 aromatic heterocycles. The van der Waals surface area contributed by atoms with Crippen LogP contribution in [0.3, 0.4) is 0 Å². The molecule has 3 N–H and O–H groups in total. The van der Waals surface area contributed by atoms with E-state index in [4.69, 9.17) is 10.2 Å². The molecule has 3 aromatic rings. The number of nitrogen functional groups attached to an aromatic ring is 1. The number of rotatable bonds is 2. The summed E-state index contributed by atoms with van der Waals surface area (Å²) in [4.78, 5) is 20.2. The Bertz CT molecular complexity index is 807. The third-order valence-electron chi connectivity index (χ3n) is 2.80. The van der Waals surface area contributed by atoms with Crippen LogP contribution in [0.1, 0.15) is 5.76 Å². The first-order valence-corrected chi connectivity index (χ1v) is 6.45. The number of fused-ring (bicyclic) bond motifs is 1. The van der Waals surface area contributed by atoms with Crippen LogP contribution in [0.2, 0.25) is 0 Å². The van der Waals surface area contributed by atoms with Gasteiger partial charge in [-0.2, -0.15) is 0 Å². The Labute approximate surface area is 112 Å². The number of aromatic amines is 1. The van der Waals surface area contributed by atoms with Gasteiger partial charge in [0.15, 0.2) is 0 Å². The molecule has 0 saturated carbocycles. The van der Waals surface area contributed by atoms with Gasteiger partial charge in [-0.15, -0.1) is 0 Å². The fourth-order valence-electron chi connectivity index (χ4n) is 1.80. The second kappa shape index (κ2) is 4.47. The van der Waals surface area contributed by atoms with Crippen molar-refractivity contribution in [3.8, 4) is 0 Å². The molecular weight excluding hydrogens is 262 g/mol. The summed E-state index contributed by atoms with van der Waals surface area (Å²) < 4.78 is 5.25. The highest BCUT2D eigenvalue weighted by Gasteiger charge is 2.10. The third-order valence-corrected chi connectivity index (χ3v) is 4.02. The van der Waals surface area contributed by atoms with Crippen molar-refractivity contribution in [2.45, 2.75) is 16.7 Å². The van der Waals surface area contributed by atoms with E-state index >= 15 is 0 Å². The summed E-state index contributed by atoms with van der Waals surface area (Å²) in [6.07, 6.45) is 3.02. The molecule has 0 aliphatic heterocycles. The van der Waals surface area contributed by atoms with Crippen LogP contribution in [0.5, 0.6) is 0 Å². The molecular formula is C13H11N3O2S. The summed E-state index contributed by atoms with van der Waals surface area (Å²) in [5, 5.41) is 0.494.